The molecule has 0 atom stereocenters. The van der Waals surface area contributed by atoms with E-state index in [0.29, 0.717) is 13.0 Å². The summed E-state index contributed by atoms with van der Waals surface area (Å²) in [5, 5.41) is 0. The molecule has 1 aromatic rings. The molecule has 3 nitrogen and oxygen atoms in total. The van der Waals surface area contributed by atoms with E-state index in [0.717, 1.165) is 17.9 Å². The Hall–Kier alpha value is -1.51. The molecule has 0 spiro atoms. The zero-order valence-corrected chi connectivity index (χ0v) is 9.16. The zero-order valence-electron chi connectivity index (χ0n) is 9.16. The molecule has 0 aromatic heterocycles. The van der Waals surface area contributed by atoms with E-state index in [9.17, 15) is 4.79 Å². The number of ketones is 1. The lowest BCUT2D eigenvalue weighted by atomic mass is 10.2. The lowest BCUT2D eigenvalue weighted by Crippen LogP contribution is -2.01. The van der Waals surface area contributed by atoms with Crippen LogP contribution in [0.4, 0.5) is 0 Å². The first-order chi connectivity index (χ1) is 7.24. The lowest BCUT2D eigenvalue weighted by molar-refractivity contribution is -0.117. The highest BCUT2D eigenvalue weighted by Gasteiger charge is 2.02. The van der Waals surface area contributed by atoms with Crippen LogP contribution in [0.2, 0.25) is 0 Å². The Balaban J connectivity index is 2.39. The standard InChI is InChI=1S/C12H16O3/c1-10(13)6-5-9-15-12-8-4-3-7-11(12)14-2/h3-4,7-8H,5-6,9H2,1-2H3. The van der Waals surface area contributed by atoms with Crippen LogP contribution in [0.1, 0.15) is 19.8 Å². The third-order valence-corrected chi connectivity index (χ3v) is 2.00. The van der Waals surface area contributed by atoms with Gasteiger partial charge in [0.1, 0.15) is 5.78 Å². The van der Waals surface area contributed by atoms with Crippen molar-refractivity contribution in [3.63, 3.8) is 0 Å². The summed E-state index contributed by atoms with van der Waals surface area (Å²) in [6.45, 7) is 2.13. The van der Waals surface area contributed by atoms with Crippen LogP contribution in [0.5, 0.6) is 11.5 Å². The van der Waals surface area contributed by atoms with Crippen molar-refractivity contribution in [3.8, 4) is 11.5 Å². The van der Waals surface area contributed by atoms with Crippen LogP contribution in [0.15, 0.2) is 24.3 Å². The molecular weight excluding hydrogens is 192 g/mol. The van der Waals surface area contributed by atoms with Gasteiger partial charge in [-0.05, 0) is 25.5 Å². The van der Waals surface area contributed by atoms with E-state index in [1.54, 1.807) is 14.0 Å². The van der Waals surface area contributed by atoms with Crippen molar-refractivity contribution in [2.45, 2.75) is 19.8 Å². The second-order valence-electron chi connectivity index (χ2n) is 3.30. The molecule has 15 heavy (non-hydrogen) atoms. The third kappa shape index (κ3) is 4.02. The van der Waals surface area contributed by atoms with Gasteiger partial charge in [-0.3, -0.25) is 0 Å². The maximum atomic E-state index is 10.7. The summed E-state index contributed by atoms with van der Waals surface area (Å²) in [6, 6.07) is 7.48. The maximum absolute atomic E-state index is 10.7. The topological polar surface area (TPSA) is 35.5 Å². The molecule has 0 bridgehead atoms. The lowest BCUT2D eigenvalue weighted by Gasteiger charge is -2.09. The molecule has 0 radical (unpaired) electrons. The van der Waals surface area contributed by atoms with E-state index >= 15 is 0 Å². The smallest absolute Gasteiger partial charge is 0.161 e. The Morgan fingerprint density at radius 1 is 1.27 bits per heavy atom. The molecule has 3 heteroatoms. The first-order valence-electron chi connectivity index (χ1n) is 4.99. The van der Waals surface area contributed by atoms with E-state index in [1.807, 2.05) is 24.3 Å². The van der Waals surface area contributed by atoms with E-state index in [4.69, 9.17) is 9.47 Å². The summed E-state index contributed by atoms with van der Waals surface area (Å²) < 4.78 is 10.6. The highest BCUT2D eigenvalue weighted by molar-refractivity contribution is 5.75. The van der Waals surface area contributed by atoms with Crippen LogP contribution >= 0.6 is 0 Å². The number of benzene rings is 1. The van der Waals surface area contributed by atoms with Gasteiger partial charge in [-0.2, -0.15) is 0 Å². The number of methoxy groups -OCH3 is 1. The third-order valence-electron chi connectivity index (χ3n) is 2.00. The van der Waals surface area contributed by atoms with Gasteiger partial charge in [0.05, 0.1) is 13.7 Å². The quantitative estimate of drug-likeness (QED) is 0.673. The average Bonchev–Trinajstić information content (AvgIpc) is 2.24. The number of carbonyl (C=O) groups is 1. The summed E-state index contributed by atoms with van der Waals surface area (Å²) in [7, 11) is 1.61. The van der Waals surface area contributed by atoms with Gasteiger partial charge in [-0.1, -0.05) is 12.1 Å². The zero-order chi connectivity index (χ0) is 11.1. The van der Waals surface area contributed by atoms with Crippen LogP contribution in [0, 0.1) is 0 Å². The molecule has 0 aliphatic carbocycles. The van der Waals surface area contributed by atoms with E-state index < -0.39 is 0 Å². The summed E-state index contributed by atoms with van der Waals surface area (Å²) in [5.41, 5.74) is 0. The fourth-order valence-electron chi connectivity index (χ4n) is 1.24. The predicted octanol–water partition coefficient (Wildman–Crippen LogP) is 2.44. The molecular formula is C12H16O3. The SMILES string of the molecule is COc1ccccc1OCCCC(C)=O. The molecule has 0 N–H and O–H groups in total. The van der Waals surface area contributed by atoms with E-state index in [-0.39, 0.29) is 5.78 Å². The number of ether oxygens (including phenoxy) is 2. The van der Waals surface area contributed by atoms with Crippen LogP contribution in [0.25, 0.3) is 0 Å². The molecule has 0 saturated heterocycles. The van der Waals surface area contributed by atoms with Gasteiger partial charge in [-0.25, -0.2) is 0 Å². The number of hydrogen-bond acceptors (Lipinski definition) is 3. The van der Waals surface area contributed by atoms with Gasteiger partial charge >= 0.3 is 0 Å². The number of carbonyl (C=O) groups excluding carboxylic acids is 1. The minimum Gasteiger partial charge on any atom is -0.493 e. The van der Waals surface area contributed by atoms with Crippen molar-refractivity contribution in [2.75, 3.05) is 13.7 Å². The molecule has 82 valence electrons. The van der Waals surface area contributed by atoms with Crippen molar-refractivity contribution in [2.24, 2.45) is 0 Å². The maximum Gasteiger partial charge on any atom is 0.161 e. The van der Waals surface area contributed by atoms with Crippen molar-refractivity contribution in [3.05, 3.63) is 24.3 Å². The minimum absolute atomic E-state index is 0.193. The van der Waals surface area contributed by atoms with Gasteiger partial charge in [-0.15, -0.1) is 0 Å². The first kappa shape index (κ1) is 11.6. The van der Waals surface area contributed by atoms with Gasteiger partial charge in [0.15, 0.2) is 11.5 Å². The van der Waals surface area contributed by atoms with Crippen molar-refractivity contribution in [1.82, 2.24) is 0 Å². The van der Waals surface area contributed by atoms with Crippen LogP contribution < -0.4 is 9.47 Å². The molecule has 0 fully saturated rings. The fraction of sp³-hybridized carbons (Fsp3) is 0.417. The molecule has 0 unspecified atom stereocenters. The Labute approximate surface area is 90.0 Å². The molecule has 0 aliphatic rings. The first-order valence-corrected chi connectivity index (χ1v) is 4.99. The summed E-state index contributed by atoms with van der Waals surface area (Å²) >= 11 is 0. The normalized spacial score (nSPS) is 9.73. The van der Waals surface area contributed by atoms with E-state index in [2.05, 4.69) is 0 Å². The monoisotopic (exact) mass is 208 g/mol. The van der Waals surface area contributed by atoms with Crippen LogP contribution in [-0.4, -0.2) is 19.5 Å². The number of rotatable bonds is 6. The summed E-state index contributed by atoms with van der Waals surface area (Å²) in [4.78, 5) is 10.7. The van der Waals surface area contributed by atoms with Gasteiger partial charge in [0, 0.05) is 6.42 Å². The predicted molar refractivity (Wildman–Crippen MR) is 58.4 cm³/mol. The largest absolute Gasteiger partial charge is 0.493 e. The number of hydrogen-bond donors (Lipinski definition) is 0. The molecule has 1 rings (SSSR count). The molecule has 0 amide bonds. The molecule has 0 aliphatic heterocycles. The number of Topliss-reactive ketones (excluding diaryl/α,β-unsaturated/α-hetero) is 1. The number of para-hydroxylation sites is 2. The Morgan fingerprint density at radius 3 is 2.53 bits per heavy atom. The van der Waals surface area contributed by atoms with Gasteiger partial charge in [0.2, 0.25) is 0 Å². The summed E-state index contributed by atoms with van der Waals surface area (Å²) in [6.07, 6.45) is 1.31. The van der Waals surface area contributed by atoms with Crippen molar-refractivity contribution in [1.29, 1.82) is 0 Å². The fourth-order valence-corrected chi connectivity index (χ4v) is 1.24. The van der Waals surface area contributed by atoms with Crippen LogP contribution in [0.3, 0.4) is 0 Å². The summed E-state index contributed by atoms with van der Waals surface area (Å²) in [5.74, 6) is 1.64. The molecule has 0 saturated carbocycles. The average molecular weight is 208 g/mol. The van der Waals surface area contributed by atoms with Gasteiger partial charge in [0.25, 0.3) is 0 Å². The van der Waals surface area contributed by atoms with Crippen molar-refractivity contribution >= 4 is 5.78 Å². The Bertz CT molecular complexity index is 320. The van der Waals surface area contributed by atoms with Crippen LogP contribution in [-0.2, 0) is 4.79 Å². The van der Waals surface area contributed by atoms with E-state index in [1.165, 1.54) is 0 Å². The van der Waals surface area contributed by atoms with Gasteiger partial charge < -0.3 is 14.3 Å². The highest BCUT2D eigenvalue weighted by atomic mass is 16.5. The second-order valence-corrected chi connectivity index (χ2v) is 3.30. The highest BCUT2D eigenvalue weighted by Crippen LogP contribution is 2.25. The molecule has 0 heterocycles. The Morgan fingerprint density at radius 2 is 1.93 bits per heavy atom. The molecule has 1 aromatic carbocycles. The Kier molecular flexibility index (Phi) is 4.68. The minimum atomic E-state index is 0.193. The van der Waals surface area contributed by atoms with Crippen molar-refractivity contribution < 1.29 is 14.3 Å². The second kappa shape index (κ2) is 6.06.